The van der Waals surface area contributed by atoms with Crippen molar-refractivity contribution in [2.24, 2.45) is 4.99 Å². The molecule has 0 bridgehead atoms. The van der Waals surface area contributed by atoms with Gasteiger partial charge >= 0.3 is 12.2 Å². The molecule has 168 valence electrons. The molecule has 0 saturated heterocycles. The van der Waals surface area contributed by atoms with Crippen LogP contribution in [0.3, 0.4) is 0 Å². The van der Waals surface area contributed by atoms with E-state index in [1.54, 1.807) is 39.1 Å². The highest BCUT2D eigenvalue weighted by Gasteiger charge is 2.35. The second-order valence-corrected chi connectivity index (χ2v) is 8.06. The van der Waals surface area contributed by atoms with Gasteiger partial charge in [-0.15, -0.1) is 0 Å². The number of carbonyl (C=O) groups excluding carboxylic acids is 2. The van der Waals surface area contributed by atoms with Gasteiger partial charge in [0.05, 0.1) is 23.4 Å². The van der Waals surface area contributed by atoms with Crippen molar-refractivity contribution >= 4 is 29.0 Å². The monoisotopic (exact) mass is 446 g/mol. The Bertz CT molecular complexity index is 1140. The number of urea groups is 1. The predicted molar refractivity (Wildman–Crippen MR) is 113 cm³/mol. The molecule has 0 radical (unpaired) electrons. The van der Waals surface area contributed by atoms with Crippen LogP contribution in [0, 0.1) is 0 Å². The number of nitrogens with one attached hydrogen (secondary N) is 2. The summed E-state index contributed by atoms with van der Waals surface area (Å²) in [4.78, 5) is 30.6. The number of alkyl halides is 3. The molecule has 2 N–H and O–H groups in total. The van der Waals surface area contributed by atoms with E-state index in [0.717, 1.165) is 17.7 Å². The summed E-state index contributed by atoms with van der Waals surface area (Å²) in [7, 11) is 1.63. The minimum absolute atomic E-state index is 0.0315. The van der Waals surface area contributed by atoms with Crippen LogP contribution in [-0.4, -0.2) is 30.4 Å². The van der Waals surface area contributed by atoms with E-state index in [-0.39, 0.29) is 30.7 Å². The van der Waals surface area contributed by atoms with E-state index in [1.165, 1.54) is 11.0 Å². The second-order valence-electron chi connectivity index (χ2n) is 8.06. The van der Waals surface area contributed by atoms with Crippen LogP contribution in [0.5, 0.6) is 5.75 Å². The van der Waals surface area contributed by atoms with Gasteiger partial charge in [0.25, 0.3) is 0 Å². The van der Waals surface area contributed by atoms with Crippen molar-refractivity contribution in [3.63, 3.8) is 0 Å². The van der Waals surface area contributed by atoms with E-state index in [4.69, 9.17) is 4.74 Å². The van der Waals surface area contributed by atoms with Crippen LogP contribution in [0.4, 0.5) is 29.3 Å². The van der Waals surface area contributed by atoms with Gasteiger partial charge in [-0.3, -0.25) is 9.69 Å². The molecular formula is C22H21F3N4O3. The number of aliphatic imine (C=N–C) groups is 1. The number of fused-ring (bicyclic) bond motifs is 2. The van der Waals surface area contributed by atoms with Crippen molar-refractivity contribution in [2.75, 3.05) is 17.3 Å². The van der Waals surface area contributed by atoms with E-state index in [9.17, 15) is 22.8 Å². The Hall–Kier alpha value is -3.56. The Morgan fingerprint density at radius 2 is 2.03 bits per heavy atom. The van der Waals surface area contributed by atoms with E-state index >= 15 is 0 Å². The third kappa shape index (κ3) is 4.12. The molecule has 0 fully saturated rings. The Kier molecular flexibility index (Phi) is 5.10. The van der Waals surface area contributed by atoms with Crippen LogP contribution in [0.25, 0.3) is 0 Å². The van der Waals surface area contributed by atoms with Crippen LogP contribution < -0.4 is 20.3 Å². The van der Waals surface area contributed by atoms with Crippen molar-refractivity contribution in [1.82, 2.24) is 5.32 Å². The number of halogens is 3. The Labute approximate surface area is 182 Å². The molecule has 10 heteroatoms. The smallest absolute Gasteiger partial charge is 0.416 e. The summed E-state index contributed by atoms with van der Waals surface area (Å²) in [5, 5.41) is 5.56. The molecule has 3 amide bonds. The lowest BCUT2D eigenvalue weighted by Gasteiger charge is -2.31. The fourth-order valence-electron chi connectivity index (χ4n) is 3.76. The lowest BCUT2D eigenvalue weighted by atomic mass is 10.00. The van der Waals surface area contributed by atoms with Crippen LogP contribution in [0.15, 0.2) is 41.4 Å². The summed E-state index contributed by atoms with van der Waals surface area (Å²) < 4.78 is 44.9. The maximum atomic E-state index is 13.1. The maximum Gasteiger partial charge on any atom is 0.416 e. The van der Waals surface area contributed by atoms with Gasteiger partial charge < -0.3 is 15.4 Å². The Balaban J connectivity index is 1.59. The molecular weight excluding hydrogens is 425 g/mol. The van der Waals surface area contributed by atoms with E-state index < -0.39 is 17.5 Å². The molecule has 32 heavy (non-hydrogen) atoms. The molecule has 4 rings (SSSR count). The maximum absolute atomic E-state index is 13.1. The summed E-state index contributed by atoms with van der Waals surface area (Å²) >= 11 is 0. The molecule has 0 atom stereocenters. The third-order valence-corrected chi connectivity index (χ3v) is 5.22. The molecule has 0 spiro atoms. The second kappa shape index (κ2) is 7.54. The van der Waals surface area contributed by atoms with Crippen molar-refractivity contribution in [3.8, 4) is 5.75 Å². The summed E-state index contributed by atoms with van der Waals surface area (Å²) in [6.07, 6.45) is -4.67. The average molecular weight is 446 g/mol. The minimum Gasteiger partial charge on any atom is -0.466 e. The highest BCUT2D eigenvalue weighted by atomic mass is 19.4. The van der Waals surface area contributed by atoms with E-state index in [1.807, 2.05) is 0 Å². The number of benzene rings is 2. The van der Waals surface area contributed by atoms with Crippen molar-refractivity contribution in [2.45, 2.75) is 38.7 Å². The number of hydrogen-bond donors (Lipinski definition) is 2. The highest BCUT2D eigenvalue weighted by molar-refractivity contribution is 6.15. The fraction of sp³-hybridized carbons (Fsp3) is 0.318. The molecule has 2 heterocycles. The number of amides is 3. The first-order valence-electron chi connectivity index (χ1n) is 9.87. The largest absolute Gasteiger partial charge is 0.466 e. The summed E-state index contributed by atoms with van der Waals surface area (Å²) in [6.45, 7) is 3.49. The molecule has 2 aromatic rings. The first-order chi connectivity index (χ1) is 14.9. The minimum atomic E-state index is -4.51. The summed E-state index contributed by atoms with van der Waals surface area (Å²) in [5.74, 6) is -0.357. The SMILES string of the molecule is CN1C(=O)NCc2c(NC(=O)CC3=NC(C)(C)Oc4cc(C(F)(F)F)ccc43)cccc21. The van der Waals surface area contributed by atoms with Crippen LogP contribution in [0.2, 0.25) is 0 Å². The van der Waals surface area contributed by atoms with Gasteiger partial charge in [0.1, 0.15) is 5.75 Å². The van der Waals surface area contributed by atoms with Crippen molar-refractivity contribution in [3.05, 3.63) is 53.1 Å². The van der Waals surface area contributed by atoms with Crippen molar-refractivity contribution in [1.29, 1.82) is 0 Å². The molecule has 0 aliphatic carbocycles. The van der Waals surface area contributed by atoms with Crippen LogP contribution in [0.1, 0.15) is 37.0 Å². The number of hydrogen-bond acceptors (Lipinski definition) is 4. The molecule has 7 nitrogen and oxygen atoms in total. The van der Waals surface area contributed by atoms with Gasteiger partial charge in [0.15, 0.2) is 5.72 Å². The van der Waals surface area contributed by atoms with Gasteiger partial charge in [-0.05, 0) is 44.2 Å². The number of carbonyl (C=O) groups is 2. The zero-order valence-corrected chi connectivity index (χ0v) is 17.6. The van der Waals surface area contributed by atoms with Crippen molar-refractivity contribution < 1.29 is 27.5 Å². The van der Waals surface area contributed by atoms with E-state index in [0.29, 0.717) is 22.6 Å². The normalized spacial score (nSPS) is 16.9. The summed E-state index contributed by atoms with van der Waals surface area (Å²) in [6, 6.07) is 8.14. The lowest BCUT2D eigenvalue weighted by Crippen LogP contribution is -2.42. The lowest BCUT2D eigenvalue weighted by molar-refractivity contribution is -0.137. The third-order valence-electron chi connectivity index (χ3n) is 5.22. The Morgan fingerprint density at radius 1 is 1.28 bits per heavy atom. The Morgan fingerprint density at radius 3 is 2.75 bits per heavy atom. The predicted octanol–water partition coefficient (Wildman–Crippen LogP) is 4.31. The van der Waals surface area contributed by atoms with Gasteiger partial charge in [-0.25, -0.2) is 9.79 Å². The fourth-order valence-corrected chi connectivity index (χ4v) is 3.76. The molecule has 2 aliphatic heterocycles. The standard InChI is InChI=1S/C22H21F3N4O3/c1-21(2)28-16(13-8-7-12(22(23,24)25)9-18(13)32-21)10-19(30)27-15-5-4-6-17-14(15)11-26-20(31)29(17)3/h4-9H,10-11H2,1-3H3,(H,26,31)(H,27,30). The van der Waals surface area contributed by atoms with Gasteiger partial charge in [0.2, 0.25) is 5.91 Å². The number of anilines is 2. The molecule has 0 saturated carbocycles. The van der Waals surface area contributed by atoms with Gasteiger partial charge in [-0.2, -0.15) is 13.2 Å². The first kappa shape index (κ1) is 21.7. The molecule has 2 aliphatic rings. The topological polar surface area (TPSA) is 83.0 Å². The van der Waals surface area contributed by atoms with E-state index in [2.05, 4.69) is 15.6 Å². The zero-order chi connectivity index (χ0) is 23.3. The number of nitrogens with zero attached hydrogens (tertiary/aromatic N) is 2. The average Bonchev–Trinajstić information content (AvgIpc) is 2.69. The first-order valence-corrected chi connectivity index (χ1v) is 9.87. The molecule has 2 aromatic carbocycles. The quantitative estimate of drug-likeness (QED) is 0.737. The number of rotatable bonds is 3. The molecule has 0 unspecified atom stereocenters. The van der Waals surface area contributed by atoms with Gasteiger partial charge in [0, 0.05) is 30.4 Å². The number of ether oxygens (including phenoxy) is 1. The van der Waals surface area contributed by atoms with Crippen LogP contribution >= 0.6 is 0 Å². The highest BCUT2D eigenvalue weighted by Crippen LogP contribution is 2.37. The van der Waals surface area contributed by atoms with Crippen LogP contribution in [-0.2, 0) is 17.5 Å². The summed E-state index contributed by atoms with van der Waals surface area (Å²) in [5.41, 5.74) is 0.700. The zero-order valence-electron chi connectivity index (χ0n) is 17.6. The molecule has 0 aromatic heterocycles. The van der Waals surface area contributed by atoms with Gasteiger partial charge in [-0.1, -0.05) is 6.07 Å².